The number of rotatable bonds is 5. The zero-order valence-electron chi connectivity index (χ0n) is 14.6. The Labute approximate surface area is 158 Å². The van der Waals surface area contributed by atoms with Crippen molar-refractivity contribution in [3.8, 4) is 11.4 Å². The third-order valence-corrected chi connectivity index (χ3v) is 4.65. The van der Waals surface area contributed by atoms with Crippen molar-refractivity contribution in [2.75, 3.05) is 0 Å². The first kappa shape index (κ1) is 18.2. The number of alkyl halides is 2. The second kappa shape index (κ2) is 7.43. The number of amides is 1. The molecule has 28 heavy (non-hydrogen) atoms. The number of benzene rings is 1. The molecule has 0 aliphatic heterocycles. The Morgan fingerprint density at radius 3 is 2.93 bits per heavy atom. The SMILES string of the molecule is O=C(NC1CCc2cc(-c3noc(C(F)F)n3)ccc21)c1cc(CO)ccn1. The van der Waals surface area contributed by atoms with E-state index in [2.05, 4.69) is 25.0 Å². The molecule has 1 atom stereocenters. The van der Waals surface area contributed by atoms with E-state index in [1.165, 1.54) is 6.20 Å². The maximum Gasteiger partial charge on any atom is 0.315 e. The van der Waals surface area contributed by atoms with E-state index in [0.29, 0.717) is 17.5 Å². The lowest BCUT2D eigenvalue weighted by atomic mass is 10.0. The number of hydrogen-bond acceptors (Lipinski definition) is 6. The number of aliphatic hydroxyl groups is 1. The van der Waals surface area contributed by atoms with Crippen molar-refractivity contribution < 1.29 is 23.2 Å². The van der Waals surface area contributed by atoms with E-state index in [0.717, 1.165) is 17.5 Å². The fraction of sp³-hybridized carbons (Fsp3) is 0.263. The fourth-order valence-corrected chi connectivity index (χ4v) is 3.28. The smallest absolute Gasteiger partial charge is 0.315 e. The van der Waals surface area contributed by atoms with Crippen molar-refractivity contribution in [3.63, 3.8) is 0 Å². The highest BCUT2D eigenvalue weighted by Gasteiger charge is 2.26. The molecule has 2 aromatic heterocycles. The molecule has 0 fully saturated rings. The number of fused-ring (bicyclic) bond motifs is 1. The minimum absolute atomic E-state index is 0.107. The molecule has 2 N–H and O–H groups in total. The third kappa shape index (κ3) is 3.48. The van der Waals surface area contributed by atoms with Crippen LogP contribution in [0.3, 0.4) is 0 Å². The van der Waals surface area contributed by atoms with Crippen LogP contribution in [-0.4, -0.2) is 26.1 Å². The number of nitrogens with one attached hydrogen (secondary N) is 1. The van der Waals surface area contributed by atoms with Gasteiger partial charge in [0.15, 0.2) is 0 Å². The molecule has 1 aliphatic carbocycles. The van der Waals surface area contributed by atoms with Crippen LogP contribution in [0.4, 0.5) is 8.78 Å². The number of nitrogens with zero attached hydrogens (tertiary/aromatic N) is 3. The molecule has 3 aromatic rings. The first-order chi connectivity index (χ1) is 13.5. The highest BCUT2D eigenvalue weighted by molar-refractivity contribution is 5.92. The quantitative estimate of drug-likeness (QED) is 0.699. The summed E-state index contributed by atoms with van der Waals surface area (Å²) < 4.78 is 29.8. The monoisotopic (exact) mass is 386 g/mol. The minimum atomic E-state index is -2.81. The second-order valence-electron chi connectivity index (χ2n) is 6.44. The molecule has 7 nitrogen and oxygen atoms in total. The van der Waals surface area contributed by atoms with Crippen LogP contribution in [-0.2, 0) is 13.0 Å². The van der Waals surface area contributed by atoms with Crippen molar-refractivity contribution in [2.24, 2.45) is 0 Å². The van der Waals surface area contributed by atoms with E-state index in [1.54, 1.807) is 18.2 Å². The summed E-state index contributed by atoms with van der Waals surface area (Å²) in [7, 11) is 0. The van der Waals surface area contributed by atoms with Crippen molar-refractivity contribution in [3.05, 3.63) is 64.8 Å². The van der Waals surface area contributed by atoms with Gasteiger partial charge in [0.1, 0.15) is 5.69 Å². The highest BCUT2D eigenvalue weighted by Crippen LogP contribution is 2.34. The first-order valence-electron chi connectivity index (χ1n) is 8.66. The molecule has 1 aliphatic rings. The van der Waals surface area contributed by atoms with E-state index in [4.69, 9.17) is 0 Å². The van der Waals surface area contributed by atoms with Gasteiger partial charge in [0.05, 0.1) is 12.6 Å². The van der Waals surface area contributed by atoms with E-state index in [1.807, 2.05) is 12.1 Å². The van der Waals surface area contributed by atoms with Crippen LogP contribution in [0.15, 0.2) is 41.1 Å². The van der Waals surface area contributed by atoms with Gasteiger partial charge in [-0.15, -0.1) is 0 Å². The normalized spacial score (nSPS) is 15.6. The van der Waals surface area contributed by atoms with Gasteiger partial charge < -0.3 is 14.9 Å². The Balaban J connectivity index is 1.52. The van der Waals surface area contributed by atoms with Crippen LogP contribution in [0, 0.1) is 0 Å². The van der Waals surface area contributed by atoms with Crippen molar-refractivity contribution in [1.29, 1.82) is 0 Å². The van der Waals surface area contributed by atoms with Gasteiger partial charge >= 0.3 is 6.43 Å². The summed E-state index contributed by atoms with van der Waals surface area (Å²) in [6, 6.07) is 8.38. The summed E-state index contributed by atoms with van der Waals surface area (Å²) in [4.78, 5) is 20.2. The van der Waals surface area contributed by atoms with Crippen LogP contribution in [0.25, 0.3) is 11.4 Å². The Bertz CT molecular complexity index is 1020. The zero-order chi connectivity index (χ0) is 19.7. The Morgan fingerprint density at radius 2 is 2.18 bits per heavy atom. The predicted octanol–water partition coefficient (Wildman–Crippen LogP) is 2.98. The summed E-state index contributed by atoms with van der Waals surface area (Å²) in [6.45, 7) is -0.165. The van der Waals surface area contributed by atoms with Crippen molar-refractivity contribution in [2.45, 2.75) is 31.9 Å². The molecule has 0 saturated heterocycles. The summed E-state index contributed by atoms with van der Waals surface area (Å²) in [6.07, 6.45) is 0.0953. The van der Waals surface area contributed by atoms with Gasteiger partial charge in [-0.3, -0.25) is 9.78 Å². The fourth-order valence-electron chi connectivity index (χ4n) is 3.28. The van der Waals surface area contributed by atoms with Gasteiger partial charge in [-0.25, -0.2) is 0 Å². The molecule has 0 spiro atoms. The van der Waals surface area contributed by atoms with E-state index >= 15 is 0 Å². The van der Waals surface area contributed by atoms with Gasteiger partial charge in [-0.2, -0.15) is 13.8 Å². The van der Waals surface area contributed by atoms with E-state index in [-0.39, 0.29) is 30.1 Å². The number of pyridine rings is 1. The minimum Gasteiger partial charge on any atom is -0.392 e. The first-order valence-corrected chi connectivity index (χ1v) is 8.66. The number of carbonyl (C=O) groups excluding carboxylic acids is 1. The molecule has 1 amide bonds. The molecule has 4 rings (SSSR count). The number of aliphatic hydroxyl groups excluding tert-OH is 1. The lowest BCUT2D eigenvalue weighted by molar-refractivity contribution is 0.0931. The largest absolute Gasteiger partial charge is 0.392 e. The van der Waals surface area contributed by atoms with Crippen LogP contribution in [0.5, 0.6) is 0 Å². The molecular formula is C19H16F2N4O3. The van der Waals surface area contributed by atoms with E-state index < -0.39 is 12.3 Å². The average molecular weight is 386 g/mol. The lowest BCUT2D eigenvalue weighted by Crippen LogP contribution is -2.28. The number of hydrogen-bond donors (Lipinski definition) is 2. The molecule has 144 valence electrons. The van der Waals surface area contributed by atoms with Crippen LogP contribution < -0.4 is 5.32 Å². The molecule has 0 bridgehead atoms. The Kier molecular flexibility index (Phi) is 4.82. The molecule has 1 aromatic carbocycles. The van der Waals surface area contributed by atoms with Crippen molar-refractivity contribution in [1.82, 2.24) is 20.4 Å². The van der Waals surface area contributed by atoms with E-state index in [9.17, 15) is 18.7 Å². The lowest BCUT2D eigenvalue weighted by Gasteiger charge is -2.14. The van der Waals surface area contributed by atoms with Gasteiger partial charge in [0.2, 0.25) is 5.82 Å². The third-order valence-electron chi connectivity index (χ3n) is 4.65. The molecular weight excluding hydrogens is 370 g/mol. The Morgan fingerprint density at radius 1 is 1.32 bits per heavy atom. The zero-order valence-corrected chi connectivity index (χ0v) is 14.6. The van der Waals surface area contributed by atoms with Crippen LogP contribution in [0.1, 0.15) is 52.0 Å². The predicted molar refractivity (Wildman–Crippen MR) is 93.4 cm³/mol. The highest BCUT2D eigenvalue weighted by atomic mass is 19.3. The Hall–Kier alpha value is -3.20. The second-order valence-corrected chi connectivity index (χ2v) is 6.44. The van der Waals surface area contributed by atoms with Crippen molar-refractivity contribution >= 4 is 5.91 Å². The number of carbonyl (C=O) groups is 1. The summed E-state index contributed by atoms with van der Waals surface area (Å²) >= 11 is 0. The molecule has 0 saturated carbocycles. The number of aryl methyl sites for hydroxylation is 1. The maximum atomic E-state index is 12.6. The molecule has 1 unspecified atom stereocenters. The van der Waals surface area contributed by atoms with Gasteiger partial charge in [-0.1, -0.05) is 17.3 Å². The molecule has 9 heteroatoms. The topological polar surface area (TPSA) is 101 Å². The molecule has 0 radical (unpaired) electrons. The summed E-state index contributed by atoms with van der Waals surface area (Å²) in [5, 5.41) is 15.7. The van der Waals surface area contributed by atoms with Gasteiger partial charge in [0, 0.05) is 11.8 Å². The van der Waals surface area contributed by atoms with Gasteiger partial charge in [0.25, 0.3) is 11.8 Å². The number of halogens is 2. The van der Waals surface area contributed by atoms with Crippen LogP contribution >= 0.6 is 0 Å². The number of aromatic nitrogens is 3. The standard InChI is InChI=1S/C19H16F2N4O3/c20-16(21)19-24-17(25-28-19)12-1-3-13-11(8-12)2-4-14(13)23-18(27)15-7-10(9-26)5-6-22-15/h1,3,5-8,14,16,26H,2,4,9H2,(H,23,27). The van der Waals surface area contributed by atoms with Gasteiger partial charge in [-0.05, 0) is 47.7 Å². The summed E-state index contributed by atoms with van der Waals surface area (Å²) in [5.41, 5.74) is 3.37. The maximum absolute atomic E-state index is 12.6. The molecule has 2 heterocycles. The average Bonchev–Trinajstić information content (AvgIpc) is 3.35. The summed E-state index contributed by atoms with van der Waals surface area (Å²) in [5.74, 6) is -0.925. The van der Waals surface area contributed by atoms with Crippen LogP contribution in [0.2, 0.25) is 0 Å².